The number of rotatable bonds is 5. The molecule has 0 spiro atoms. The van der Waals surface area contributed by atoms with Gasteiger partial charge in [-0.25, -0.2) is 0 Å². The maximum Gasteiger partial charge on any atom is 0.220 e. The fourth-order valence-electron chi connectivity index (χ4n) is 3.32. The van der Waals surface area contributed by atoms with E-state index in [1.807, 2.05) is 6.92 Å². The molecular formula is C15H27NO2. The molecule has 0 saturated heterocycles. The van der Waals surface area contributed by atoms with Crippen LogP contribution in [0.2, 0.25) is 0 Å². The summed E-state index contributed by atoms with van der Waals surface area (Å²) in [7, 11) is 0. The molecule has 2 saturated carbocycles. The molecule has 3 heteroatoms. The molecule has 0 bridgehead atoms. The van der Waals surface area contributed by atoms with Crippen molar-refractivity contribution in [2.45, 2.75) is 71.4 Å². The van der Waals surface area contributed by atoms with E-state index in [-0.39, 0.29) is 5.91 Å². The maximum atomic E-state index is 11.9. The highest BCUT2D eigenvalue weighted by Gasteiger charge is 2.34. The Morgan fingerprint density at radius 1 is 1.39 bits per heavy atom. The van der Waals surface area contributed by atoms with Crippen LogP contribution in [0, 0.1) is 11.3 Å². The fourth-order valence-corrected chi connectivity index (χ4v) is 3.32. The summed E-state index contributed by atoms with van der Waals surface area (Å²) >= 11 is 0. The number of hydrogen-bond acceptors (Lipinski definition) is 2. The van der Waals surface area contributed by atoms with Gasteiger partial charge in [0.2, 0.25) is 5.91 Å². The van der Waals surface area contributed by atoms with Crippen LogP contribution < -0.4 is 5.32 Å². The highest BCUT2D eigenvalue weighted by atomic mass is 16.5. The average Bonchev–Trinajstić information content (AvgIpc) is 2.55. The van der Waals surface area contributed by atoms with Crippen LogP contribution in [0.15, 0.2) is 0 Å². The molecule has 1 amide bonds. The molecular weight excluding hydrogens is 226 g/mol. The number of carbonyl (C=O) groups is 1. The number of hydrogen-bond donors (Lipinski definition) is 1. The van der Waals surface area contributed by atoms with Crippen LogP contribution in [-0.2, 0) is 9.53 Å². The Bertz CT molecular complexity index is 295. The zero-order valence-electron chi connectivity index (χ0n) is 12.0. The lowest BCUT2D eigenvalue weighted by Gasteiger charge is -2.34. The van der Waals surface area contributed by atoms with Crippen molar-refractivity contribution in [1.82, 2.24) is 5.32 Å². The lowest BCUT2D eigenvalue weighted by atomic mass is 9.80. The quantitative estimate of drug-likeness (QED) is 0.818. The summed E-state index contributed by atoms with van der Waals surface area (Å²) in [5, 5.41) is 3.20. The molecule has 0 aliphatic heterocycles. The molecule has 1 unspecified atom stereocenters. The summed E-state index contributed by atoms with van der Waals surface area (Å²) in [6, 6.07) is 0.412. The Morgan fingerprint density at radius 2 is 2.11 bits per heavy atom. The molecule has 2 aliphatic carbocycles. The number of ether oxygens (including phenoxy) is 1. The van der Waals surface area contributed by atoms with Crippen LogP contribution in [0.25, 0.3) is 0 Å². The Kier molecular flexibility index (Phi) is 4.31. The van der Waals surface area contributed by atoms with Crippen molar-refractivity contribution in [3.8, 4) is 0 Å². The maximum absolute atomic E-state index is 11.9. The number of amides is 1. The van der Waals surface area contributed by atoms with Crippen molar-refractivity contribution in [2.24, 2.45) is 11.3 Å². The smallest absolute Gasteiger partial charge is 0.220 e. The molecule has 0 aromatic heterocycles. The van der Waals surface area contributed by atoms with Gasteiger partial charge < -0.3 is 10.1 Å². The Morgan fingerprint density at radius 3 is 2.67 bits per heavy atom. The third kappa shape index (κ3) is 3.71. The van der Waals surface area contributed by atoms with E-state index in [4.69, 9.17) is 4.74 Å². The molecule has 1 atom stereocenters. The van der Waals surface area contributed by atoms with Gasteiger partial charge in [-0.15, -0.1) is 0 Å². The SMILES string of the molecule is CCOC1CC(CC(=O)NC2CCC(C)(C)C2)C1. The summed E-state index contributed by atoms with van der Waals surface area (Å²) in [6.07, 6.45) is 6.75. The van der Waals surface area contributed by atoms with Crippen molar-refractivity contribution >= 4 is 5.91 Å². The largest absolute Gasteiger partial charge is 0.378 e. The number of nitrogens with one attached hydrogen (secondary N) is 1. The van der Waals surface area contributed by atoms with Gasteiger partial charge in [0, 0.05) is 19.1 Å². The second-order valence-electron chi connectivity index (χ2n) is 6.79. The summed E-state index contributed by atoms with van der Waals surface area (Å²) in [4.78, 5) is 11.9. The zero-order chi connectivity index (χ0) is 13.2. The van der Waals surface area contributed by atoms with E-state index >= 15 is 0 Å². The molecule has 2 rings (SSSR count). The van der Waals surface area contributed by atoms with Gasteiger partial charge in [-0.3, -0.25) is 4.79 Å². The van der Waals surface area contributed by atoms with Crippen LogP contribution in [0.5, 0.6) is 0 Å². The molecule has 0 radical (unpaired) electrons. The first-order valence-corrected chi connectivity index (χ1v) is 7.39. The van der Waals surface area contributed by atoms with Crippen molar-refractivity contribution in [2.75, 3.05) is 6.61 Å². The van der Waals surface area contributed by atoms with Gasteiger partial charge in [-0.1, -0.05) is 13.8 Å². The van der Waals surface area contributed by atoms with Crippen molar-refractivity contribution in [3.63, 3.8) is 0 Å². The highest BCUT2D eigenvalue weighted by Crippen LogP contribution is 2.37. The van der Waals surface area contributed by atoms with Crippen LogP contribution in [0.1, 0.15) is 59.3 Å². The first-order valence-electron chi connectivity index (χ1n) is 7.39. The van der Waals surface area contributed by atoms with E-state index in [0.29, 0.717) is 29.9 Å². The van der Waals surface area contributed by atoms with E-state index in [2.05, 4.69) is 19.2 Å². The van der Waals surface area contributed by atoms with Gasteiger partial charge in [0.05, 0.1) is 6.10 Å². The molecule has 18 heavy (non-hydrogen) atoms. The zero-order valence-corrected chi connectivity index (χ0v) is 12.0. The Hall–Kier alpha value is -0.570. The van der Waals surface area contributed by atoms with Gasteiger partial charge in [0.1, 0.15) is 0 Å². The topological polar surface area (TPSA) is 38.3 Å². The predicted octanol–water partition coefficient (Wildman–Crippen LogP) is 2.89. The van der Waals surface area contributed by atoms with Crippen LogP contribution >= 0.6 is 0 Å². The molecule has 2 fully saturated rings. The van der Waals surface area contributed by atoms with Crippen molar-refractivity contribution in [3.05, 3.63) is 0 Å². The van der Waals surface area contributed by atoms with Crippen LogP contribution in [0.4, 0.5) is 0 Å². The van der Waals surface area contributed by atoms with Gasteiger partial charge in [-0.05, 0) is 50.4 Å². The molecule has 0 heterocycles. The summed E-state index contributed by atoms with van der Waals surface area (Å²) in [5.74, 6) is 0.800. The molecule has 104 valence electrons. The van der Waals surface area contributed by atoms with Gasteiger partial charge in [0.25, 0.3) is 0 Å². The third-order valence-electron chi connectivity index (χ3n) is 4.40. The number of carbonyl (C=O) groups excluding carboxylic acids is 1. The molecule has 1 N–H and O–H groups in total. The van der Waals surface area contributed by atoms with Gasteiger partial charge in [0.15, 0.2) is 0 Å². The molecule has 2 aliphatic rings. The Labute approximate surface area is 111 Å². The van der Waals surface area contributed by atoms with Crippen LogP contribution in [-0.4, -0.2) is 24.7 Å². The van der Waals surface area contributed by atoms with Gasteiger partial charge in [-0.2, -0.15) is 0 Å². The summed E-state index contributed by atoms with van der Waals surface area (Å²) in [5.41, 5.74) is 0.411. The monoisotopic (exact) mass is 253 g/mol. The molecule has 0 aromatic carbocycles. The minimum absolute atomic E-state index is 0.248. The summed E-state index contributed by atoms with van der Waals surface area (Å²) in [6.45, 7) is 7.40. The first-order chi connectivity index (χ1) is 8.48. The minimum Gasteiger partial charge on any atom is -0.378 e. The highest BCUT2D eigenvalue weighted by molar-refractivity contribution is 5.76. The summed E-state index contributed by atoms with van der Waals surface area (Å²) < 4.78 is 5.52. The third-order valence-corrected chi connectivity index (χ3v) is 4.40. The first kappa shape index (κ1) is 13.9. The lowest BCUT2D eigenvalue weighted by Crippen LogP contribution is -2.38. The molecule has 0 aromatic rings. The van der Waals surface area contributed by atoms with E-state index < -0.39 is 0 Å². The normalized spacial score (nSPS) is 34.1. The average molecular weight is 253 g/mol. The van der Waals surface area contributed by atoms with E-state index in [9.17, 15) is 4.79 Å². The van der Waals surface area contributed by atoms with Crippen molar-refractivity contribution < 1.29 is 9.53 Å². The van der Waals surface area contributed by atoms with E-state index in [1.54, 1.807) is 0 Å². The van der Waals surface area contributed by atoms with Gasteiger partial charge >= 0.3 is 0 Å². The Balaban J connectivity index is 1.62. The fraction of sp³-hybridized carbons (Fsp3) is 0.933. The molecule has 3 nitrogen and oxygen atoms in total. The van der Waals surface area contributed by atoms with E-state index in [0.717, 1.165) is 32.3 Å². The second kappa shape index (κ2) is 5.60. The minimum atomic E-state index is 0.248. The van der Waals surface area contributed by atoms with E-state index in [1.165, 1.54) is 6.42 Å². The lowest BCUT2D eigenvalue weighted by molar-refractivity contribution is -0.125. The standard InChI is InChI=1S/C15H27NO2/c1-4-18-13-7-11(8-13)9-14(17)16-12-5-6-15(2,3)10-12/h11-13H,4-10H2,1-3H3,(H,16,17). The van der Waals surface area contributed by atoms with Crippen molar-refractivity contribution in [1.29, 1.82) is 0 Å². The predicted molar refractivity (Wildman–Crippen MR) is 72.3 cm³/mol. The second-order valence-corrected chi connectivity index (χ2v) is 6.79. The van der Waals surface area contributed by atoms with Crippen LogP contribution in [0.3, 0.4) is 0 Å².